The van der Waals surface area contributed by atoms with Crippen LogP contribution in [-0.4, -0.2) is 55.9 Å². The monoisotopic (exact) mass is 336 g/mol. The smallest absolute Gasteiger partial charge is 0.270 e. The van der Waals surface area contributed by atoms with Gasteiger partial charge in [0.2, 0.25) is 0 Å². The van der Waals surface area contributed by atoms with Crippen LogP contribution in [0.4, 0.5) is 5.82 Å². The van der Waals surface area contributed by atoms with Crippen LogP contribution in [0.2, 0.25) is 0 Å². The summed E-state index contributed by atoms with van der Waals surface area (Å²) >= 11 is 0. The van der Waals surface area contributed by atoms with Crippen molar-refractivity contribution in [1.29, 1.82) is 0 Å². The molecule has 1 amide bonds. The molecule has 0 aromatic carbocycles. The molecule has 2 N–H and O–H groups in total. The van der Waals surface area contributed by atoms with Gasteiger partial charge in [-0.3, -0.25) is 4.79 Å². The number of amides is 1. The van der Waals surface area contributed by atoms with Crippen molar-refractivity contribution in [3.05, 3.63) is 42.6 Å². The van der Waals surface area contributed by atoms with Gasteiger partial charge in [0.1, 0.15) is 23.5 Å². The number of hydrogen-bond donors (Lipinski definition) is 2. The molecule has 7 heteroatoms. The second-order valence-corrected chi connectivity index (χ2v) is 6.98. The first-order valence-electron chi connectivity index (χ1n) is 8.75. The van der Waals surface area contributed by atoms with Crippen molar-refractivity contribution >= 4 is 22.8 Å². The highest BCUT2D eigenvalue weighted by molar-refractivity contribution is 5.93. The Morgan fingerprint density at radius 3 is 2.84 bits per heavy atom. The Morgan fingerprint density at radius 1 is 1.12 bits per heavy atom. The van der Waals surface area contributed by atoms with E-state index in [2.05, 4.69) is 29.7 Å². The summed E-state index contributed by atoms with van der Waals surface area (Å²) in [5, 5.41) is 1.04. The van der Waals surface area contributed by atoms with E-state index in [0.29, 0.717) is 5.69 Å². The van der Waals surface area contributed by atoms with E-state index in [1.54, 1.807) is 12.5 Å². The van der Waals surface area contributed by atoms with E-state index in [9.17, 15) is 4.79 Å². The van der Waals surface area contributed by atoms with Crippen molar-refractivity contribution in [3.8, 4) is 0 Å². The molecule has 7 nitrogen and oxygen atoms in total. The SMILES string of the molecule is O=C(c1ccc[nH]1)N1CCCN(c2ncnc3[nH]ccc23)CC12CC2. The van der Waals surface area contributed by atoms with E-state index in [4.69, 9.17) is 0 Å². The molecular formula is C18H20N6O. The maximum Gasteiger partial charge on any atom is 0.270 e. The van der Waals surface area contributed by atoms with Crippen LogP contribution in [0.3, 0.4) is 0 Å². The number of nitrogens with one attached hydrogen (secondary N) is 2. The van der Waals surface area contributed by atoms with Crippen LogP contribution >= 0.6 is 0 Å². The van der Waals surface area contributed by atoms with Crippen LogP contribution in [0.15, 0.2) is 36.9 Å². The highest BCUT2D eigenvalue weighted by Gasteiger charge is 2.52. The lowest BCUT2D eigenvalue weighted by molar-refractivity contribution is 0.0664. The summed E-state index contributed by atoms with van der Waals surface area (Å²) in [6, 6.07) is 5.76. The van der Waals surface area contributed by atoms with Gasteiger partial charge >= 0.3 is 0 Å². The average Bonchev–Trinajstić information content (AvgIpc) is 3.05. The third kappa shape index (κ3) is 2.30. The minimum Gasteiger partial charge on any atom is -0.357 e. The van der Waals surface area contributed by atoms with Crippen molar-refractivity contribution in [2.24, 2.45) is 0 Å². The summed E-state index contributed by atoms with van der Waals surface area (Å²) in [4.78, 5) is 32.4. The summed E-state index contributed by atoms with van der Waals surface area (Å²) in [6.45, 7) is 2.51. The zero-order valence-electron chi connectivity index (χ0n) is 13.9. The minimum atomic E-state index is -0.0632. The fraction of sp³-hybridized carbons (Fsp3) is 0.389. The van der Waals surface area contributed by atoms with Gasteiger partial charge in [-0.25, -0.2) is 9.97 Å². The maximum atomic E-state index is 12.9. The molecule has 2 fully saturated rings. The van der Waals surface area contributed by atoms with Crippen LogP contribution in [0, 0.1) is 0 Å². The Bertz CT molecular complexity index is 911. The first kappa shape index (κ1) is 14.5. The number of fused-ring (bicyclic) bond motifs is 1. The molecule has 0 radical (unpaired) electrons. The number of carbonyl (C=O) groups is 1. The highest BCUT2D eigenvalue weighted by Crippen LogP contribution is 2.45. The molecule has 1 aliphatic carbocycles. The number of H-pyrrole nitrogens is 2. The summed E-state index contributed by atoms with van der Waals surface area (Å²) in [5.41, 5.74) is 1.47. The van der Waals surface area contributed by atoms with Gasteiger partial charge in [0.15, 0.2) is 0 Å². The summed E-state index contributed by atoms with van der Waals surface area (Å²) in [6.07, 6.45) is 8.36. The second kappa shape index (κ2) is 5.34. The lowest BCUT2D eigenvalue weighted by atomic mass is 10.2. The predicted octanol–water partition coefficient (Wildman–Crippen LogP) is 2.17. The van der Waals surface area contributed by atoms with Crippen LogP contribution in [0.25, 0.3) is 11.0 Å². The van der Waals surface area contributed by atoms with Gasteiger partial charge in [-0.2, -0.15) is 0 Å². The average molecular weight is 336 g/mol. The largest absolute Gasteiger partial charge is 0.357 e. The number of carbonyl (C=O) groups excluding carboxylic acids is 1. The van der Waals surface area contributed by atoms with E-state index in [1.165, 1.54) is 0 Å². The second-order valence-electron chi connectivity index (χ2n) is 6.98. The van der Waals surface area contributed by atoms with E-state index in [-0.39, 0.29) is 11.4 Å². The zero-order chi connectivity index (χ0) is 16.9. The van der Waals surface area contributed by atoms with Crippen LogP contribution in [0.5, 0.6) is 0 Å². The standard InChI is InChI=1S/C18H20N6O/c25-17(14-3-1-7-19-14)24-10-2-9-23(11-18(24)5-6-18)16-13-4-8-20-15(13)21-12-22-16/h1,3-4,7-8,12,19H,2,5-6,9-11H2,(H,20,21,22). The van der Waals surface area contributed by atoms with Gasteiger partial charge in [-0.15, -0.1) is 0 Å². The summed E-state index contributed by atoms with van der Waals surface area (Å²) in [5.74, 6) is 1.07. The van der Waals surface area contributed by atoms with Crippen molar-refractivity contribution in [2.75, 3.05) is 24.5 Å². The number of aromatic amines is 2. The molecule has 1 saturated carbocycles. The molecule has 1 aliphatic heterocycles. The molecular weight excluding hydrogens is 316 g/mol. The summed E-state index contributed by atoms with van der Waals surface area (Å²) < 4.78 is 0. The Balaban J connectivity index is 1.47. The fourth-order valence-electron chi connectivity index (χ4n) is 3.97. The van der Waals surface area contributed by atoms with Crippen molar-refractivity contribution < 1.29 is 4.79 Å². The lowest BCUT2D eigenvalue weighted by Crippen LogP contribution is -2.47. The number of hydrogen-bond acceptors (Lipinski definition) is 4. The van der Waals surface area contributed by atoms with Gasteiger partial charge in [0.25, 0.3) is 5.91 Å². The molecule has 2 aliphatic rings. The molecule has 3 aromatic rings. The topological polar surface area (TPSA) is 80.9 Å². The molecule has 0 unspecified atom stereocenters. The number of anilines is 1. The molecule has 1 saturated heterocycles. The molecule has 4 heterocycles. The molecule has 0 bridgehead atoms. The Labute approximate surface area is 145 Å². The Hall–Kier alpha value is -2.83. The first-order valence-corrected chi connectivity index (χ1v) is 8.75. The van der Waals surface area contributed by atoms with E-state index < -0.39 is 0 Å². The Kier molecular flexibility index (Phi) is 3.10. The number of nitrogens with zero attached hydrogens (tertiary/aromatic N) is 4. The minimum absolute atomic E-state index is 0.0632. The normalized spacial score (nSPS) is 19.4. The predicted molar refractivity (Wildman–Crippen MR) is 94.5 cm³/mol. The highest BCUT2D eigenvalue weighted by atomic mass is 16.2. The first-order chi connectivity index (χ1) is 12.3. The quantitative estimate of drug-likeness (QED) is 0.751. The zero-order valence-corrected chi connectivity index (χ0v) is 13.9. The molecule has 25 heavy (non-hydrogen) atoms. The van der Waals surface area contributed by atoms with Crippen LogP contribution in [0.1, 0.15) is 29.8 Å². The molecule has 128 valence electrons. The molecule has 0 atom stereocenters. The van der Waals surface area contributed by atoms with Gasteiger partial charge in [-0.1, -0.05) is 0 Å². The van der Waals surface area contributed by atoms with Gasteiger partial charge in [-0.05, 0) is 37.5 Å². The van der Waals surface area contributed by atoms with Gasteiger partial charge in [0, 0.05) is 32.0 Å². The lowest BCUT2D eigenvalue weighted by Gasteiger charge is -2.32. The van der Waals surface area contributed by atoms with Crippen molar-refractivity contribution in [1.82, 2.24) is 24.8 Å². The van der Waals surface area contributed by atoms with E-state index in [1.807, 2.05) is 24.4 Å². The van der Waals surface area contributed by atoms with Crippen LogP contribution < -0.4 is 4.90 Å². The maximum absolute atomic E-state index is 12.9. The van der Waals surface area contributed by atoms with Crippen molar-refractivity contribution in [2.45, 2.75) is 24.8 Å². The molecule has 1 spiro atoms. The van der Waals surface area contributed by atoms with Crippen molar-refractivity contribution in [3.63, 3.8) is 0 Å². The number of rotatable bonds is 2. The molecule has 5 rings (SSSR count). The molecule has 3 aromatic heterocycles. The van der Waals surface area contributed by atoms with Gasteiger partial charge in [0.05, 0.1) is 10.9 Å². The summed E-state index contributed by atoms with van der Waals surface area (Å²) in [7, 11) is 0. The van der Waals surface area contributed by atoms with E-state index in [0.717, 1.165) is 55.7 Å². The van der Waals surface area contributed by atoms with Gasteiger partial charge < -0.3 is 19.8 Å². The van der Waals surface area contributed by atoms with Crippen LogP contribution in [-0.2, 0) is 0 Å². The third-order valence-corrected chi connectivity index (χ3v) is 5.40. The third-order valence-electron chi connectivity index (χ3n) is 5.40. The fourth-order valence-corrected chi connectivity index (χ4v) is 3.97. The Morgan fingerprint density at radius 2 is 2.04 bits per heavy atom. The van der Waals surface area contributed by atoms with E-state index >= 15 is 0 Å². The number of aromatic nitrogens is 4.